The number of aromatic nitrogens is 3. The second-order valence-electron chi connectivity index (χ2n) is 11.5. The van der Waals surface area contributed by atoms with Gasteiger partial charge < -0.3 is 10.6 Å². The molecule has 47 heavy (non-hydrogen) atoms. The Kier molecular flexibility index (Phi) is 12.1. The van der Waals surface area contributed by atoms with Crippen LogP contribution in [0.4, 0.5) is 24.8 Å². The number of alkyl halides is 3. The van der Waals surface area contributed by atoms with E-state index in [1.165, 1.54) is 12.3 Å². The standard InChI is InChI=1S/C18H14ClF3N2O.C17H16ClN3O/c1-17(2,18(20,21)22)16(25)24-15-9-8-13(11-23-15)7-6-12-4-3-5-14(19)10-12;1-17(2,3)16(22)19-15-10-9-14(20-21-15)8-7-12-5-4-6-13(18)11-12/h3-5,8-11H,1-2H3,(H,23,24,25);4-6,9-11H,1-3H3,(H,19,21,22). The van der Waals surface area contributed by atoms with Crippen molar-refractivity contribution >= 4 is 46.7 Å². The van der Waals surface area contributed by atoms with Crippen LogP contribution in [0.3, 0.4) is 0 Å². The summed E-state index contributed by atoms with van der Waals surface area (Å²) in [6.45, 7) is 7.13. The van der Waals surface area contributed by atoms with E-state index in [2.05, 4.69) is 49.5 Å². The van der Waals surface area contributed by atoms with Crippen LogP contribution in [-0.4, -0.2) is 33.2 Å². The summed E-state index contributed by atoms with van der Waals surface area (Å²) in [5.41, 5.74) is -0.398. The number of anilines is 2. The second kappa shape index (κ2) is 15.6. The van der Waals surface area contributed by atoms with Crippen LogP contribution >= 0.6 is 23.2 Å². The molecule has 242 valence electrons. The first-order valence-corrected chi connectivity index (χ1v) is 14.7. The van der Waals surface area contributed by atoms with Crippen molar-refractivity contribution < 1.29 is 22.8 Å². The van der Waals surface area contributed by atoms with E-state index in [1.54, 1.807) is 54.6 Å². The van der Waals surface area contributed by atoms with E-state index in [9.17, 15) is 22.8 Å². The molecule has 7 nitrogen and oxygen atoms in total. The zero-order valence-electron chi connectivity index (χ0n) is 26.1. The molecule has 2 aromatic carbocycles. The van der Waals surface area contributed by atoms with E-state index >= 15 is 0 Å². The van der Waals surface area contributed by atoms with Gasteiger partial charge in [-0.15, -0.1) is 10.2 Å². The van der Waals surface area contributed by atoms with E-state index in [4.69, 9.17) is 23.2 Å². The average Bonchev–Trinajstić information content (AvgIpc) is 3.00. The smallest absolute Gasteiger partial charge is 0.310 e. The Hall–Kier alpha value is -4.90. The molecule has 2 N–H and O–H groups in total. The van der Waals surface area contributed by atoms with Crippen molar-refractivity contribution in [2.75, 3.05) is 10.6 Å². The number of hydrogen-bond donors (Lipinski definition) is 2. The molecule has 2 amide bonds. The number of benzene rings is 2. The summed E-state index contributed by atoms with van der Waals surface area (Å²) in [5.74, 6) is 10.8. The Morgan fingerprint density at radius 1 is 0.660 bits per heavy atom. The number of carbonyl (C=O) groups excluding carboxylic acids is 2. The zero-order chi connectivity index (χ0) is 34.8. The van der Waals surface area contributed by atoms with Gasteiger partial charge in [-0.2, -0.15) is 13.2 Å². The summed E-state index contributed by atoms with van der Waals surface area (Å²) in [6.07, 6.45) is -3.28. The van der Waals surface area contributed by atoms with Gasteiger partial charge in [0.1, 0.15) is 16.9 Å². The first-order valence-electron chi connectivity index (χ1n) is 14.0. The summed E-state index contributed by atoms with van der Waals surface area (Å²) < 4.78 is 38.5. The van der Waals surface area contributed by atoms with E-state index in [1.807, 2.05) is 32.9 Å². The third-order valence-electron chi connectivity index (χ3n) is 6.20. The van der Waals surface area contributed by atoms with Crippen molar-refractivity contribution in [3.63, 3.8) is 0 Å². The lowest BCUT2D eigenvalue weighted by atomic mass is 9.91. The van der Waals surface area contributed by atoms with Crippen LogP contribution in [0.1, 0.15) is 57.0 Å². The van der Waals surface area contributed by atoms with Crippen molar-refractivity contribution in [1.29, 1.82) is 0 Å². The van der Waals surface area contributed by atoms with E-state index in [0.29, 0.717) is 27.1 Å². The van der Waals surface area contributed by atoms with Crippen LogP contribution in [0, 0.1) is 34.5 Å². The summed E-state index contributed by atoms with van der Waals surface area (Å²) in [6, 6.07) is 20.6. The van der Waals surface area contributed by atoms with Crippen molar-refractivity contribution in [2.45, 2.75) is 40.8 Å². The third-order valence-corrected chi connectivity index (χ3v) is 6.67. The lowest BCUT2D eigenvalue weighted by Crippen LogP contribution is -2.43. The van der Waals surface area contributed by atoms with Crippen molar-refractivity contribution in [3.05, 3.63) is 111 Å². The van der Waals surface area contributed by atoms with E-state index in [-0.39, 0.29) is 11.7 Å². The van der Waals surface area contributed by atoms with Gasteiger partial charge in [0.05, 0.1) is 0 Å². The van der Waals surface area contributed by atoms with Gasteiger partial charge in [-0.3, -0.25) is 9.59 Å². The Bertz CT molecular complexity index is 1850. The Labute approximate surface area is 281 Å². The minimum absolute atomic E-state index is 0.0237. The highest BCUT2D eigenvalue weighted by molar-refractivity contribution is 6.31. The number of nitrogens with one attached hydrogen (secondary N) is 2. The molecule has 0 saturated heterocycles. The first kappa shape index (κ1) is 36.6. The molecule has 0 fully saturated rings. The quantitative estimate of drug-likeness (QED) is 0.213. The topological polar surface area (TPSA) is 96.9 Å². The van der Waals surface area contributed by atoms with E-state index in [0.717, 1.165) is 25.0 Å². The lowest BCUT2D eigenvalue weighted by Gasteiger charge is -2.25. The monoisotopic (exact) mass is 679 g/mol. The highest BCUT2D eigenvalue weighted by atomic mass is 35.5. The van der Waals surface area contributed by atoms with E-state index < -0.39 is 22.9 Å². The zero-order valence-corrected chi connectivity index (χ0v) is 27.6. The maximum atomic E-state index is 12.8. The van der Waals surface area contributed by atoms with Crippen LogP contribution in [-0.2, 0) is 9.59 Å². The molecule has 0 unspecified atom stereocenters. The minimum Gasteiger partial charge on any atom is -0.310 e. The van der Waals surface area contributed by atoms with Gasteiger partial charge in [-0.1, -0.05) is 73.9 Å². The van der Waals surface area contributed by atoms with Gasteiger partial charge in [0.15, 0.2) is 5.82 Å². The van der Waals surface area contributed by atoms with Crippen molar-refractivity contribution in [3.8, 4) is 23.7 Å². The third kappa shape index (κ3) is 11.4. The van der Waals surface area contributed by atoms with Crippen molar-refractivity contribution in [2.24, 2.45) is 10.8 Å². The molecule has 12 heteroatoms. The van der Waals surface area contributed by atoms with Gasteiger partial charge in [0, 0.05) is 38.3 Å². The summed E-state index contributed by atoms with van der Waals surface area (Å²) >= 11 is 11.8. The summed E-state index contributed by atoms with van der Waals surface area (Å²) in [4.78, 5) is 27.6. The number of rotatable bonds is 3. The molecule has 2 aromatic heterocycles. The molecule has 4 aromatic rings. The second-order valence-corrected chi connectivity index (χ2v) is 12.4. The number of halogens is 5. The molecular weight excluding hydrogens is 650 g/mol. The number of pyridine rings is 1. The van der Waals surface area contributed by atoms with Gasteiger partial charge >= 0.3 is 6.18 Å². The van der Waals surface area contributed by atoms with Gasteiger partial charge in [-0.05, 0) is 80.4 Å². The van der Waals surface area contributed by atoms with Gasteiger partial charge in [-0.25, -0.2) is 4.98 Å². The average molecular weight is 681 g/mol. The van der Waals surface area contributed by atoms with Crippen LogP contribution in [0.25, 0.3) is 0 Å². The fourth-order valence-electron chi connectivity index (χ4n) is 3.13. The molecule has 0 bridgehead atoms. The Balaban J connectivity index is 0.000000257. The largest absolute Gasteiger partial charge is 0.402 e. The minimum atomic E-state index is -4.65. The molecule has 2 heterocycles. The Morgan fingerprint density at radius 2 is 1.19 bits per heavy atom. The SMILES string of the molecule is CC(C)(C(=O)Nc1ccc(C#Cc2cccc(Cl)c2)cn1)C(F)(F)F.CC(C)(C)C(=O)Nc1ccc(C#Cc2cccc(Cl)c2)nn1. The fourth-order valence-corrected chi connectivity index (χ4v) is 3.51. The maximum absolute atomic E-state index is 12.8. The molecule has 0 saturated carbocycles. The fraction of sp³-hybridized carbons (Fsp3) is 0.229. The number of nitrogens with zero attached hydrogens (tertiary/aromatic N) is 3. The number of amides is 2. The molecule has 0 radical (unpaired) electrons. The van der Waals surface area contributed by atoms with Crippen LogP contribution in [0.2, 0.25) is 10.0 Å². The van der Waals surface area contributed by atoms with Crippen LogP contribution in [0.15, 0.2) is 79.0 Å². The molecule has 0 aliphatic carbocycles. The molecule has 0 atom stereocenters. The van der Waals surface area contributed by atoms with Crippen LogP contribution in [0.5, 0.6) is 0 Å². The summed E-state index contributed by atoms with van der Waals surface area (Å²) in [5, 5.41) is 14.0. The molecule has 0 aliphatic heterocycles. The Morgan fingerprint density at radius 3 is 1.66 bits per heavy atom. The van der Waals surface area contributed by atoms with Gasteiger partial charge in [0.25, 0.3) is 0 Å². The molecule has 4 rings (SSSR count). The number of carbonyl (C=O) groups is 2. The first-order chi connectivity index (χ1) is 21.9. The summed E-state index contributed by atoms with van der Waals surface area (Å²) in [7, 11) is 0. The lowest BCUT2D eigenvalue weighted by molar-refractivity contribution is -0.208. The van der Waals surface area contributed by atoms with Crippen molar-refractivity contribution in [1.82, 2.24) is 15.2 Å². The highest BCUT2D eigenvalue weighted by Gasteiger charge is 2.53. The predicted molar refractivity (Wildman–Crippen MR) is 178 cm³/mol. The predicted octanol–water partition coefficient (Wildman–Crippen LogP) is 8.18. The van der Waals surface area contributed by atoms with Crippen LogP contribution < -0.4 is 10.6 Å². The van der Waals surface area contributed by atoms with Gasteiger partial charge in [0.2, 0.25) is 11.8 Å². The maximum Gasteiger partial charge on any atom is 0.402 e. The molecular formula is C35H30Cl2F3N5O2. The number of hydrogen-bond acceptors (Lipinski definition) is 5. The normalized spacial score (nSPS) is 11.0. The molecule has 0 aliphatic rings. The molecule has 0 spiro atoms. The highest BCUT2D eigenvalue weighted by Crippen LogP contribution is 2.38.